The topological polar surface area (TPSA) is 0 Å². The molecule has 0 spiro atoms. The normalized spacial score (nSPS) is 45.7. The SMILES string of the molecule is C=C1CC(C/C(C)=C2/C(=C)C(C)C3(C)C4CCCCC4C(C)(C)C23C)C(C)=C1C. The largest absolute Gasteiger partial charge is 0.0955 e. The predicted molar refractivity (Wildman–Crippen MR) is 127 cm³/mol. The minimum atomic E-state index is 0.225. The summed E-state index contributed by atoms with van der Waals surface area (Å²) >= 11 is 0. The molecule has 29 heavy (non-hydrogen) atoms. The molecule has 4 aliphatic carbocycles. The highest BCUT2D eigenvalue weighted by Crippen LogP contribution is 2.80. The second-order valence-corrected chi connectivity index (χ2v) is 12.0. The number of hydrogen-bond donors (Lipinski definition) is 0. The molecule has 6 unspecified atom stereocenters. The maximum atomic E-state index is 4.75. The van der Waals surface area contributed by atoms with E-state index in [-0.39, 0.29) is 5.41 Å². The molecular weight excluding hydrogens is 348 g/mol. The molecule has 4 aliphatic rings. The van der Waals surface area contributed by atoms with Crippen molar-refractivity contribution in [1.29, 1.82) is 0 Å². The third kappa shape index (κ3) is 2.38. The number of allylic oxidation sites excluding steroid dienone is 6. The van der Waals surface area contributed by atoms with Crippen molar-refractivity contribution in [3.05, 3.63) is 46.6 Å². The molecule has 0 bridgehead atoms. The molecule has 0 aromatic rings. The molecule has 0 nitrogen and oxygen atoms in total. The van der Waals surface area contributed by atoms with Crippen LogP contribution in [0.25, 0.3) is 0 Å². The molecule has 0 N–H and O–H groups in total. The van der Waals surface area contributed by atoms with E-state index >= 15 is 0 Å². The fraction of sp³-hybridized carbons (Fsp3) is 0.724. The van der Waals surface area contributed by atoms with Crippen LogP contribution in [0.1, 0.15) is 93.9 Å². The summed E-state index contributed by atoms with van der Waals surface area (Å²) in [5, 5.41) is 0. The Morgan fingerprint density at radius 3 is 2.14 bits per heavy atom. The van der Waals surface area contributed by atoms with Gasteiger partial charge in [0.2, 0.25) is 0 Å². The zero-order valence-corrected chi connectivity index (χ0v) is 20.5. The second kappa shape index (κ2) is 6.48. The Morgan fingerprint density at radius 1 is 1.00 bits per heavy atom. The minimum Gasteiger partial charge on any atom is -0.0955 e. The standard InChI is InChI=1S/C29H44/c1-17-15-23(20(4)19(17)3)16-18(2)26-21(5)22(6)28(9)25-14-12-11-13-24(25)27(7,8)29(26,28)10/h22-25H,1,5,11-16H2,2-4,6-10H3/b26-18-. The summed E-state index contributed by atoms with van der Waals surface area (Å²) < 4.78 is 0. The number of hydrogen-bond acceptors (Lipinski definition) is 0. The van der Waals surface area contributed by atoms with Crippen LogP contribution < -0.4 is 0 Å². The first kappa shape index (κ1) is 21.2. The fourth-order valence-corrected chi connectivity index (χ4v) is 8.98. The van der Waals surface area contributed by atoms with Crippen molar-refractivity contribution in [2.45, 2.75) is 93.9 Å². The first-order chi connectivity index (χ1) is 13.4. The van der Waals surface area contributed by atoms with E-state index in [0.717, 1.165) is 18.3 Å². The molecular formula is C29H44. The van der Waals surface area contributed by atoms with Crippen LogP contribution in [0.5, 0.6) is 0 Å². The summed E-state index contributed by atoms with van der Waals surface area (Å²) in [4.78, 5) is 0. The van der Waals surface area contributed by atoms with Gasteiger partial charge >= 0.3 is 0 Å². The third-order valence-electron chi connectivity index (χ3n) is 11.3. The van der Waals surface area contributed by atoms with Gasteiger partial charge in [-0.3, -0.25) is 0 Å². The molecule has 3 fully saturated rings. The van der Waals surface area contributed by atoms with E-state index in [1.807, 2.05) is 0 Å². The van der Waals surface area contributed by atoms with Crippen LogP contribution in [0.2, 0.25) is 0 Å². The lowest BCUT2D eigenvalue weighted by Crippen LogP contribution is -2.42. The van der Waals surface area contributed by atoms with Gasteiger partial charge in [-0.1, -0.05) is 77.3 Å². The van der Waals surface area contributed by atoms with E-state index in [2.05, 4.69) is 62.0 Å². The van der Waals surface area contributed by atoms with Crippen LogP contribution in [-0.4, -0.2) is 0 Å². The fourth-order valence-electron chi connectivity index (χ4n) is 8.98. The second-order valence-electron chi connectivity index (χ2n) is 12.0. The van der Waals surface area contributed by atoms with Crippen molar-refractivity contribution in [3.63, 3.8) is 0 Å². The summed E-state index contributed by atoms with van der Waals surface area (Å²) in [6.07, 6.45) is 8.03. The number of fused-ring (bicyclic) bond motifs is 3. The Labute approximate surface area is 180 Å². The quantitative estimate of drug-likeness (QED) is 0.441. The van der Waals surface area contributed by atoms with Crippen molar-refractivity contribution in [3.8, 4) is 0 Å². The van der Waals surface area contributed by atoms with Gasteiger partial charge in [0.1, 0.15) is 0 Å². The Hall–Kier alpha value is -1.04. The highest BCUT2D eigenvalue weighted by molar-refractivity contribution is 5.52. The Balaban J connectivity index is 1.83. The molecule has 160 valence electrons. The first-order valence-corrected chi connectivity index (χ1v) is 12.2. The van der Waals surface area contributed by atoms with Gasteiger partial charge in [-0.05, 0) is 97.7 Å². The first-order valence-electron chi connectivity index (χ1n) is 12.2. The zero-order valence-electron chi connectivity index (χ0n) is 20.5. The summed E-state index contributed by atoms with van der Waals surface area (Å²) in [5.41, 5.74) is 10.0. The molecule has 0 amide bonds. The minimum absolute atomic E-state index is 0.225. The van der Waals surface area contributed by atoms with Crippen molar-refractivity contribution in [1.82, 2.24) is 0 Å². The average Bonchev–Trinajstić information content (AvgIpc) is 3.06. The van der Waals surface area contributed by atoms with Crippen LogP contribution in [0.4, 0.5) is 0 Å². The lowest BCUT2D eigenvalue weighted by Gasteiger charge is -2.48. The molecule has 0 heteroatoms. The van der Waals surface area contributed by atoms with Crippen LogP contribution >= 0.6 is 0 Å². The molecule has 4 rings (SSSR count). The molecule has 0 radical (unpaired) electrons. The highest BCUT2D eigenvalue weighted by Gasteiger charge is 2.74. The van der Waals surface area contributed by atoms with E-state index in [1.54, 1.807) is 16.7 Å². The van der Waals surface area contributed by atoms with Crippen molar-refractivity contribution in [2.75, 3.05) is 0 Å². The molecule has 0 aromatic heterocycles. The van der Waals surface area contributed by atoms with Gasteiger partial charge in [0.25, 0.3) is 0 Å². The smallest absolute Gasteiger partial charge is 0.00428 e. The van der Waals surface area contributed by atoms with Gasteiger partial charge in [0.15, 0.2) is 0 Å². The van der Waals surface area contributed by atoms with Crippen molar-refractivity contribution < 1.29 is 0 Å². The van der Waals surface area contributed by atoms with Gasteiger partial charge < -0.3 is 0 Å². The lowest BCUT2D eigenvalue weighted by atomic mass is 9.55. The van der Waals surface area contributed by atoms with Crippen molar-refractivity contribution >= 4 is 0 Å². The van der Waals surface area contributed by atoms with Crippen LogP contribution in [-0.2, 0) is 0 Å². The van der Waals surface area contributed by atoms with E-state index in [1.165, 1.54) is 48.8 Å². The average molecular weight is 393 g/mol. The Bertz CT molecular complexity index is 830. The number of rotatable bonds is 2. The third-order valence-corrected chi connectivity index (χ3v) is 11.3. The van der Waals surface area contributed by atoms with Gasteiger partial charge in [0, 0.05) is 5.41 Å². The monoisotopic (exact) mass is 392 g/mol. The Kier molecular flexibility index (Phi) is 4.74. The van der Waals surface area contributed by atoms with Crippen LogP contribution in [0, 0.1) is 39.9 Å². The van der Waals surface area contributed by atoms with E-state index < -0.39 is 0 Å². The lowest BCUT2D eigenvalue weighted by molar-refractivity contribution is 0.0353. The molecule has 6 atom stereocenters. The molecule has 0 saturated heterocycles. The molecule has 3 saturated carbocycles. The van der Waals surface area contributed by atoms with Gasteiger partial charge in [0.05, 0.1) is 0 Å². The summed E-state index contributed by atoms with van der Waals surface area (Å²) in [7, 11) is 0. The molecule has 0 heterocycles. The molecule has 0 aromatic carbocycles. The summed E-state index contributed by atoms with van der Waals surface area (Å²) in [5.74, 6) is 2.94. The summed E-state index contributed by atoms with van der Waals surface area (Å²) in [6, 6.07) is 0. The van der Waals surface area contributed by atoms with Gasteiger partial charge in [-0.2, -0.15) is 0 Å². The van der Waals surface area contributed by atoms with Gasteiger partial charge in [-0.15, -0.1) is 0 Å². The van der Waals surface area contributed by atoms with Crippen molar-refractivity contribution in [2.24, 2.45) is 39.9 Å². The van der Waals surface area contributed by atoms with E-state index in [9.17, 15) is 0 Å². The van der Waals surface area contributed by atoms with E-state index in [0.29, 0.717) is 22.7 Å². The van der Waals surface area contributed by atoms with Gasteiger partial charge in [-0.25, -0.2) is 0 Å². The predicted octanol–water partition coefficient (Wildman–Crippen LogP) is 8.67. The maximum Gasteiger partial charge on any atom is 0.00428 e. The highest BCUT2D eigenvalue weighted by atomic mass is 14.8. The van der Waals surface area contributed by atoms with Crippen LogP contribution in [0.15, 0.2) is 46.6 Å². The summed E-state index contributed by atoms with van der Waals surface area (Å²) in [6.45, 7) is 29.1. The molecule has 0 aliphatic heterocycles. The maximum absolute atomic E-state index is 4.75. The van der Waals surface area contributed by atoms with E-state index in [4.69, 9.17) is 6.58 Å². The zero-order chi connectivity index (χ0) is 21.5. The Morgan fingerprint density at radius 2 is 1.59 bits per heavy atom. The van der Waals surface area contributed by atoms with Crippen LogP contribution in [0.3, 0.4) is 0 Å².